The summed E-state index contributed by atoms with van der Waals surface area (Å²) in [6, 6.07) is 13.6. The van der Waals surface area contributed by atoms with Crippen LogP contribution in [0.5, 0.6) is 5.75 Å². The summed E-state index contributed by atoms with van der Waals surface area (Å²) in [5.74, 6) is -0.107. The molecular weight excluding hydrogens is 454 g/mol. The lowest BCUT2D eigenvalue weighted by Crippen LogP contribution is -2.52. The SMILES string of the molecule is CCNC(=O)[C@@H](CC)N(Cc1cccc(OC)c1)C(=O)CN(c1ccccc1CC)S(C)(=O)=O. The van der Waals surface area contributed by atoms with E-state index in [0.29, 0.717) is 30.8 Å². The molecule has 1 N–H and O–H groups in total. The minimum atomic E-state index is -3.76. The zero-order valence-corrected chi connectivity index (χ0v) is 21.4. The predicted molar refractivity (Wildman–Crippen MR) is 134 cm³/mol. The zero-order chi connectivity index (χ0) is 25.3. The van der Waals surface area contributed by atoms with Gasteiger partial charge in [-0.1, -0.05) is 44.2 Å². The number of amides is 2. The van der Waals surface area contributed by atoms with Crippen LogP contribution in [-0.4, -0.2) is 57.6 Å². The Bertz CT molecular complexity index is 1090. The van der Waals surface area contributed by atoms with E-state index in [-0.39, 0.29) is 12.5 Å². The molecule has 0 bridgehead atoms. The van der Waals surface area contributed by atoms with Crippen LogP contribution in [-0.2, 0) is 32.6 Å². The molecule has 0 aliphatic carbocycles. The fraction of sp³-hybridized carbons (Fsp3) is 0.440. The molecule has 0 aliphatic rings. The highest BCUT2D eigenvalue weighted by Crippen LogP contribution is 2.24. The maximum Gasteiger partial charge on any atom is 0.244 e. The number of benzene rings is 2. The molecule has 2 aromatic rings. The van der Waals surface area contributed by atoms with Crippen LogP contribution >= 0.6 is 0 Å². The number of likely N-dealkylation sites (N-methyl/N-ethyl adjacent to an activating group) is 1. The van der Waals surface area contributed by atoms with Gasteiger partial charge in [0, 0.05) is 13.1 Å². The van der Waals surface area contributed by atoms with Crippen molar-refractivity contribution in [3.8, 4) is 5.75 Å². The van der Waals surface area contributed by atoms with Crippen molar-refractivity contribution in [2.24, 2.45) is 0 Å². The van der Waals surface area contributed by atoms with Gasteiger partial charge in [-0.15, -0.1) is 0 Å². The molecule has 0 fully saturated rings. The van der Waals surface area contributed by atoms with Gasteiger partial charge in [-0.3, -0.25) is 13.9 Å². The second kappa shape index (κ2) is 12.4. The normalized spacial score (nSPS) is 12.0. The Labute approximate surface area is 202 Å². The number of carbonyl (C=O) groups excluding carboxylic acids is 2. The summed E-state index contributed by atoms with van der Waals surface area (Å²) in [5, 5.41) is 2.78. The van der Waals surface area contributed by atoms with Gasteiger partial charge in [0.05, 0.1) is 19.1 Å². The van der Waals surface area contributed by atoms with E-state index in [4.69, 9.17) is 4.74 Å². The summed E-state index contributed by atoms with van der Waals surface area (Å²) in [4.78, 5) is 27.9. The van der Waals surface area contributed by atoms with Crippen molar-refractivity contribution in [3.63, 3.8) is 0 Å². The molecule has 0 aliphatic heterocycles. The van der Waals surface area contributed by atoms with Gasteiger partial charge in [-0.2, -0.15) is 0 Å². The molecule has 0 radical (unpaired) electrons. The van der Waals surface area contributed by atoms with E-state index >= 15 is 0 Å². The molecule has 0 spiro atoms. The number of sulfonamides is 1. The van der Waals surface area contributed by atoms with Gasteiger partial charge >= 0.3 is 0 Å². The smallest absolute Gasteiger partial charge is 0.244 e. The number of para-hydroxylation sites is 1. The van der Waals surface area contributed by atoms with E-state index in [9.17, 15) is 18.0 Å². The Kier molecular flexibility index (Phi) is 9.92. The van der Waals surface area contributed by atoms with Gasteiger partial charge in [-0.25, -0.2) is 8.42 Å². The number of rotatable bonds is 12. The number of ether oxygens (including phenoxy) is 1. The summed E-state index contributed by atoms with van der Waals surface area (Å²) < 4.78 is 31.9. The van der Waals surface area contributed by atoms with E-state index in [1.807, 2.05) is 45.0 Å². The highest BCUT2D eigenvalue weighted by molar-refractivity contribution is 7.92. The summed E-state index contributed by atoms with van der Waals surface area (Å²) in [6.07, 6.45) is 2.08. The number of carbonyl (C=O) groups is 2. The Morgan fingerprint density at radius 2 is 1.76 bits per heavy atom. The third-order valence-electron chi connectivity index (χ3n) is 5.54. The lowest BCUT2D eigenvalue weighted by atomic mass is 10.1. The third kappa shape index (κ3) is 6.96. The van der Waals surface area contributed by atoms with Crippen LogP contribution in [0, 0.1) is 0 Å². The van der Waals surface area contributed by atoms with Crippen molar-refractivity contribution in [2.45, 2.75) is 46.2 Å². The predicted octanol–water partition coefficient (Wildman–Crippen LogP) is 2.97. The van der Waals surface area contributed by atoms with Crippen LogP contribution in [0.4, 0.5) is 5.69 Å². The molecule has 9 heteroatoms. The Morgan fingerprint density at radius 3 is 2.35 bits per heavy atom. The van der Waals surface area contributed by atoms with E-state index in [1.54, 1.807) is 31.4 Å². The second-order valence-corrected chi connectivity index (χ2v) is 9.85. The molecule has 0 heterocycles. The van der Waals surface area contributed by atoms with Crippen molar-refractivity contribution in [3.05, 3.63) is 59.7 Å². The summed E-state index contributed by atoms with van der Waals surface area (Å²) in [5.41, 5.74) is 2.05. The standard InChI is InChI=1S/C25H35N3O5S/c1-6-20-13-9-10-15-23(20)28(34(5,31)32)18-24(29)27(22(7-2)25(30)26-8-3)17-19-12-11-14-21(16-19)33-4/h9-16,22H,6-8,17-18H2,1-5H3,(H,26,30)/t22-/m1/s1. The fourth-order valence-corrected chi connectivity index (χ4v) is 4.71. The van der Waals surface area contributed by atoms with Crippen molar-refractivity contribution < 1.29 is 22.7 Å². The fourth-order valence-electron chi connectivity index (χ4n) is 3.83. The highest BCUT2D eigenvalue weighted by Gasteiger charge is 2.32. The highest BCUT2D eigenvalue weighted by atomic mass is 32.2. The maximum atomic E-state index is 13.6. The van der Waals surface area contributed by atoms with Gasteiger partial charge in [0.2, 0.25) is 21.8 Å². The second-order valence-electron chi connectivity index (χ2n) is 7.94. The molecule has 0 saturated carbocycles. The minimum Gasteiger partial charge on any atom is -0.497 e. The average Bonchev–Trinajstić information content (AvgIpc) is 2.81. The van der Waals surface area contributed by atoms with Crippen LogP contribution in [0.1, 0.15) is 38.3 Å². The first-order valence-corrected chi connectivity index (χ1v) is 13.3. The van der Waals surface area contributed by atoms with Gasteiger partial charge in [0.15, 0.2) is 0 Å². The van der Waals surface area contributed by atoms with E-state index in [1.165, 1.54) is 4.90 Å². The first-order chi connectivity index (χ1) is 16.2. The topological polar surface area (TPSA) is 96.0 Å². The molecular formula is C25H35N3O5S. The molecule has 34 heavy (non-hydrogen) atoms. The monoisotopic (exact) mass is 489 g/mol. The van der Waals surface area contributed by atoms with Crippen LogP contribution in [0.25, 0.3) is 0 Å². The van der Waals surface area contributed by atoms with Crippen LogP contribution < -0.4 is 14.4 Å². The molecule has 2 rings (SSSR count). The molecule has 8 nitrogen and oxygen atoms in total. The third-order valence-corrected chi connectivity index (χ3v) is 6.67. The number of nitrogens with zero attached hydrogens (tertiary/aromatic N) is 2. The quantitative estimate of drug-likeness (QED) is 0.495. The summed E-state index contributed by atoms with van der Waals surface area (Å²) in [6.45, 7) is 5.72. The summed E-state index contributed by atoms with van der Waals surface area (Å²) in [7, 11) is -2.20. The van der Waals surface area contributed by atoms with Crippen molar-refractivity contribution in [2.75, 3.05) is 30.8 Å². The first-order valence-electron chi connectivity index (χ1n) is 11.4. The molecule has 186 valence electrons. The van der Waals surface area contributed by atoms with Crippen LogP contribution in [0.2, 0.25) is 0 Å². The van der Waals surface area contributed by atoms with Crippen molar-refractivity contribution in [1.29, 1.82) is 0 Å². The number of anilines is 1. The largest absolute Gasteiger partial charge is 0.497 e. The first kappa shape index (κ1) is 27.2. The zero-order valence-electron chi connectivity index (χ0n) is 20.6. The Balaban J connectivity index is 2.48. The maximum absolute atomic E-state index is 13.6. The van der Waals surface area contributed by atoms with Crippen molar-refractivity contribution >= 4 is 27.5 Å². The molecule has 0 unspecified atom stereocenters. The molecule has 2 amide bonds. The number of methoxy groups -OCH3 is 1. The number of hydrogen-bond donors (Lipinski definition) is 1. The number of nitrogens with one attached hydrogen (secondary N) is 1. The van der Waals surface area contributed by atoms with Gasteiger partial charge in [-0.05, 0) is 49.1 Å². The van der Waals surface area contributed by atoms with Gasteiger partial charge < -0.3 is 15.0 Å². The van der Waals surface area contributed by atoms with Gasteiger partial charge in [0.25, 0.3) is 0 Å². The summed E-state index contributed by atoms with van der Waals surface area (Å²) >= 11 is 0. The van der Waals surface area contributed by atoms with Crippen LogP contribution in [0.15, 0.2) is 48.5 Å². The lowest BCUT2D eigenvalue weighted by Gasteiger charge is -2.33. The molecule has 2 aromatic carbocycles. The van der Waals surface area contributed by atoms with E-state index in [0.717, 1.165) is 21.7 Å². The number of aryl methyl sites for hydroxylation is 1. The molecule has 0 aromatic heterocycles. The lowest BCUT2D eigenvalue weighted by molar-refractivity contribution is -0.140. The van der Waals surface area contributed by atoms with E-state index in [2.05, 4.69) is 5.32 Å². The Morgan fingerprint density at radius 1 is 1.06 bits per heavy atom. The van der Waals surface area contributed by atoms with Crippen LogP contribution in [0.3, 0.4) is 0 Å². The minimum absolute atomic E-state index is 0.138. The van der Waals surface area contributed by atoms with Crippen molar-refractivity contribution in [1.82, 2.24) is 10.2 Å². The molecule has 0 saturated heterocycles. The van der Waals surface area contributed by atoms with E-state index < -0.39 is 28.5 Å². The number of hydrogen-bond acceptors (Lipinski definition) is 5. The van der Waals surface area contributed by atoms with Gasteiger partial charge in [0.1, 0.15) is 18.3 Å². The molecule has 1 atom stereocenters. The average molecular weight is 490 g/mol. The Hall–Kier alpha value is -3.07.